The van der Waals surface area contributed by atoms with Gasteiger partial charge in [-0.15, -0.1) is 0 Å². The number of ether oxygens (including phenoxy) is 1. The van der Waals surface area contributed by atoms with E-state index >= 15 is 0 Å². The highest BCUT2D eigenvalue weighted by Crippen LogP contribution is 2.19. The van der Waals surface area contributed by atoms with E-state index in [4.69, 9.17) is 4.74 Å². The molecule has 20 heavy (non-hydrogen) atoms. The van der Waals surface area contributed by atoms with Crippen molar-refractivity contribution in [2.24, 2.45) is 0 Å². The molecule has 0 bridgehead atoms. The lowest BCUT2D eigenvalue weighted by atomic mass is 10.0. The van der Waals surface area contributed by atoms with E-state index in [-0.39, 0.29) is 17.7 Å². The lowest BCUT2D eigenvalue weighted by Gasteiger charge is -2.15. The van der Waals surface area contributed by atoms with Gasteiger partial charge in [0.05, 0.1) is 18.2 Å². The van der Waals surface area contributed by atoms with Gasteiger partial charge in [0, 0.05) is 20.0 Å². The van der Waals surface area contributed by atoms with Crippen LogP contribution in [-0.2, 0) is 4.79 Å². The molecule has 0 aromatic heterocycles. The molecule has 0 saturated carbocycles. The van der Waals surface area contributed by atoms with Crippen LogP contribution in [0.5, 0.6) is 5.75 Å². The predicted molar refractivity (Wildman–Crippen MR) is 78.1 cm³/mol. The molecule has 0 aliphatic carbocycles. The molecule has 5 heteroatoms. The van der Waals surface area contributed by atoms with Crippen molar-refractivity contribution in [2.45, 2.75) is 26.8 Å². The fourth-order valence-corrected chi connectivity index (χ4v) is 1.80. The second-order valence-corrected chi connectivity index (χ2v) is 4.45. The highest BCUT2D eigenvalue weighted by atomic mass is 16.5. The highest BCUT2D eigenvalue weighted by molar-refractivity contribution is 6.02. The Hall–Kier alpha value is -1.88. The molecule has 0 spiro atoms. The Morgan fingerprint density at radius 3 is 2.60 bits per heavy atom. The highest BCUT2D eigenvalue weighted by Gasteiger charge is 2.18. The van der Waals surface area contributed by atoms with Gasteiger partial charge >= 0.3 is 0 Å². The van der Waals surface area contributed by atoms with Crippen LogP contribution in [0.1, 0.15) is 31.1 Å². The average Bonchev–Trinajstić information content (AvgIpc) is 2.43. The van der Waals surface area contributed by atoms with Gasteiger partial charge in [0.2, 0.25) is 5.91 Å². The first-order chi connectivity index (χ1) is 9.56. The third-order valence-electron chi connectivity index (χ3n) is 2.80. The van der Waals surface area contributed by atoms with E-state index in [1.165, 1.54) is 6.92 Å². The molecule has 2 N–H and O–H groups in total. The molecule has 0 radical (unpaired) electrons. The zero-order valence-corrected chi connectivity index (χ0v) is 12.2. The number of rotatable bonds is 8. The smallest absolute Gasteiger partial charge is 0.216 e. The summed E-state index contributed by atoms with van der Waals surface area (Å²) in [6, 6.07) is 6.89. The molecule has 5 nitrogen and oxygen atoms in total. The average molecular weight is 278 g/mol. The van der Waals surface area contributed by atoms with Crippen LogP contribution in [0.15, 0.2) is 24.3 Å². The molecule has 0 aliphatic rings. The van der Waals surface area contributed by atoms with E-state index in [0.29, 0.717) is 31.0 Å². The molecular formula is C15H22N2O3. The molecule has 0 saturated heterocycles. The van der Waals surface area contributed by atoms with Crippen molar-refractivity contribution in [2.75, 3.05) is 19.7 Å². The molecule has 1 aromatic rings. The molecule has 0 heterocycles. The summed E-state index contributed by atoms with van der Waals surface area (Å²) in [5, 5.41) is 5.76. The van der Waals surface area contributed by atoms with E-state index < -0.39 is 0 Å². The molecule has 110 valence electrons. The number of carbonyl (C=O) groups excluding carboxylic acids is 2. The topological polar surface area (TPSA) is 67.4 Å². The monoisotopic (exact) mass is 278 g/mol. The third-order valence-corrected chi connectivity index (χ3v) is 2.80. The minimum Gasteiger partial charge on any atom is -0.493 e. The molecule has 1 unspecified atom stereocenters. The van der Waals surface area contributed by atoms with Gasteiger partial charge in [0.1, 0.15) is 5.75 Å². The molecule has 0 fully saturated rings. The summed E-state index contributed by atoms with van der Waals surface area (Å²) in [5.41, 5.74) is 0.578. The van der Waals surface area contributed by atoms with Crippen molar-refractivity contribution in [3.8, 4) is 5.75 Å². The Labute approximate surface area is 119 Å². The van der Waals surface area contributed by atoms with Gasteiger partial charge in [-0.1, -0.05) is 12.1 Å². The fourth-order valence-electron chi connectivity index (χ4n) is 1.80. The zero-order valence-electron chi connectivity index (χ0n) is 12.2. The zero-order chi connectivity index (χ0) is 15.0. The summed E-state index contributed by atoms with van der Waals surface area (Å²) in [6.07, 6.45) is 0. The normalized spacial score (nSPS) is 11.8. The Balaban J connectivity index is 2.58. The summed E-state index contributed by atoms with van der Waals surface area (Å²) in [4.78, 5) is 23.1. The van der Waals surface area contributed by atoms with Crippen LogP contribution in [0.25, 0.3) is 0 Å². The maximum absolute atomic E-state index is 12.3. The summed E-state index contributed by atoms with van der Waals surface area (Å²) < 4.78 is 5.46. The minimum absolute atomic E-state index is 0.0168. The van der Waals surface area contributed by atoms with Crippen molar-refractivity contribution in [3.05, 3.63) is 29.8 Å². The predicted octanol–water partition coefficient (Wildman–Crippen LogP) is 1.38. The van der Waals surface area contributed by atoms with Crippen LogP contribution in [0.4, 0.5) is 0 Å². The lowest BCUT2D eigenvalue weighted by Crippen LogP contribution is -2.39. The second-order valence-electron chi connectivity index (χ2n) is 4.45. The summed E-state index contributed by atoms with van der Waals surface area (Å²) in [7, 11) is 0. The number of hydrogen-bond donors (Lipinski definition) is 2. The Bertz CT molecular complexity index is 460. The number of benzene rings is 1. The molecule has 1 aromatic carbocycles. The number of ketones is 1. The van der Waals surface area contributed by atoms with Crippen molar-refractivity contribution >= 4 is 11.7 Å². The summed E-state index contributed by atoms with van der Waals surface area (Å²) >= 11 is 0. The van der Waals surface area contributed by atoms with Gasteiger partial charge in [-0.2, -0.15) is 0 Å². The van der Waals surface area contributed by atoms with Gasteiger partial charge in [-0.25, -0.2) is 0 Å². The van der Waals surface area contributed by atoms with Crippen LogP contribution in [-0.4, -0.2) is 37.4 Å². The van der Waals surface area contributed by atoms with Crippen molar-refractivity contribution in [3.63, 3.8) is 0 Å². The summed E-state index contributed by atoms with van der Waals surface area (Å²) in [5.74, 6) is 0.514. The van der Waals surface area contributed by atoms with E-state index in [9.17, 15) is 9.59 Å². The lowest BCUT2D eigenvalue weighted by molar-refractivity contribution is -0.118. The van der Waals surface area contributed by atoms with E-state index in [0.717, 1.165) is 0 Å². The van der Waals surface area contributed by atoms with E-state index in [1.807, 2.05) is 19.1 Å². The Morgan fingerprint density at radius 2 is 1.95 bits per heavy atom. The number of carbonyl (C=O) groups is 2. The Kier molecular flexibility index (Phi) is 6.73. The van der Waals surface area contributed by atoms with Crippen LogP contribution < -0.4 is 15.4 Å². The molecule has 1 atom stereocenters. The van der Waals surface area contributed by atoms with Gasteiger partial charge < -0.3 is 15.4 Å². The van der Waals surface area contributed by atoms with Crippen molar-refractivity contribution in [1.82, 2.24) is 10.6 Å². The molecule has 1 rings (SSSR count). The van der Waals surface area contributed by atoms with Crippen molar-refractivity contribution < 1.29 is 14.3 Å². The number of Topliss-reactive ketones (excluding diaryl/α,β-unsaturated/α-hetero) is 1. The van der Waals surface area contributed by atoms with Gasteiger partial charge in [-0.05, 0) is 26.0 Å². The molecule has 0 aliphatic heterocycles. The standard InChI is InChI=1S/C15H22N2O3/c1-4-20-14-8-6-5-7-13(14)15(19)11(2)16-9-10-17-12(3)18/h5-8,11,16H,4,9-10H2,1-3H3,(H,17,18). The SMILES string of the molecule is CCOc1ccccc1C(=O)C(C)NCCNC(C)=O. The fraction of sp³-hybridized carbons (Fsp3) is 0.467. The number of para-hydroxylation sites is 1. The number of nitrogens with one attached hydrogen (secondary N) is 2. The van der Waals surface area contributed by atoms with Crippen LogP contribution in [0.3, 0.4) is 0 Å². The number of hydrogen-bond acceptors (Lipinski definition) is 4. The largest absolute Gasteiger partial charge is 0.493 e. The first-order valence-electron chi connectivity index (χ1n) is 6.80. The van der Waals surface area contributed by atoms with Gasteiger partial charge in [0.25, 0.3) is 0 Å². The van der Waals surface area contributed by atoms with E-state index in [1.54, 1.807) is 19.1 Å². The number of amides is 1. The first-order valence-corrected chi connectivity index (χ1v) is 6.80. The molecular weight excluding hydrogens is 256 g/mol. The van der Waals surface area contributed by atoms with Gasteiger partial charge in [-0.3, -0.25) is 9.59 Å². The summed E-state index contributed by atoms with van der Waals surface area (Å²) in [6.45, 7) is 6.72. The quantitative estimate of drug-likeness (QED) is 0.557. The van der Waals surface area contributed by atoms with Crippen LogP contribution in [0.2, 0.25) is 0 Å². The minimum atomic E-state index is -0.328. The Morgan fingerprint density at radius 1 is 1.25 bits per heavy atom. The maximum Gasteiger partial charge on any atom is 0.216 e. The second kappa shape index (κ2) is 8.32. The molecule has 1 amide bonds. The van der Waals surface area contributed by atoms with Gasteiger partial charge in [0.15, 0.2) is 5.78 Å². The van der Waals surface area contributed by atoms with Crippen LogP contribution in [0, 0.1) is 0 Å². The first kappa shape index (κ1) is 16.2. The maximum atomic E-state index is 12.3. The van der Waals surface area contributed by atoms with Crippen LogP contribution >= 0.6 is 0 Å². The van der Waals surface area contributed by atoms with Crippen molar-refractivity contribution in [1.29, 1.82) is 0 Å². The van der Waals surface area contributed by atoms with E-state index in [2.05, 4.69) is 10.6 Å². The third kappa shape index (κ3) is 5.01.